The molecule has 8 nitrogen and oxygen atoms in total. The molecule has 2 amide bonds. The van der Waals surface area contributed by atoms with Gasteiger partial charge in [0.1, 0.15) is 6.10 Å². The van der Waals surface area contributed by atoms with Crippen LogP contribution in [0.2, 0.25) is 0 Å². The van der Waals surface area contributed by atoms with E-state index in [9.17, 15) is 9.59 Å². The Kier molecular flexibility index (Phi) is 5.08. The lowest BCUT2D eigenvalue weighted by molar-refractivity contribution is -0.119. The van der Waals surface area contributed by atoms with Gasteiger partial charge in [0.25, 0.3) is 0 Å². The lowest BCUT2D eigenvalue weighted by atomic mass is 9.79. The SMILES string of the molecule is CC1(NC(=O)O[C@@H]2CC[C@H](c3cc(NC(=O)[C@@H]4CCNC4)n[nH]3)C2)CCC1. The Morgan fingerprint density at radius 3 is 2.85 bits per heavy atom. The standard InChI is InChI=1S/C19H29N5O3/c1-19(6-2-7-19)22-18(26)27-14-4-3-12(9-14)15-10-16(24-23-15)21-17(25)13-5-8-20-11-13/h10,12-14,20H,2-9,11H2,1H3,(H,22,26)(H2,21,23,24,25)/t12-,13+,14+/m0/s1. The van der Waals surface area contributed by atoms with Gasteiger partial charge >= 0.3 is 6.09 Å². The lowest BCUT2D eigenvalue weighted by Gasteiger charge is -2.38. The van der Waals surface area contributed by atoms with E-state index in [1.165, 1.54) is 0 Å². The van der Waals surface area contributed by atoms with Crippen molar-refractivity contribution in [3.63, 3.8) is 0 Å². The van der Waals surface area contributed by atoms with E-state index in [0.717, 1.165) is 63.7 Å². The minimum atomic E-state index is -0.300. The summed E-state index contributed by atoms with van der Waals surface area (Å²) in [6.07, 6.45) is 6.29. The van der Waals surface area contributed by atoms with Crippen LogP contribution in [0.15, 0.2) is 6.07 Å². The summed E-state index contributed by atoms with van der Waals surface area (Å²) in [5, 5.41) is 16.3. The molecule has 1 aromatic heterocycles. The first-order valence-corrected chi connectivity index (χ1v) is 10.1. The first-order valence-electron chi connectivity index (χ1n) is 10.1. The molecule has 1 aromatic rings. The van der Waals surface area contributed by atoms with Gasteiger partial charge in [0.15, 0.2) is 5.82 Å². The van der Waals surface area contributed by atoms with E-state index >= 15 is 0 Å². The quantitative estimate of drug-likeness (QED) is 0.631. The Balaban J connectivity index is 1.25. The summed E-state index contributed by atoms with van der Waals surface area (Å²) in [4.78, 5) is 24.3. The molecule has 4 N–H and O–H groups in total. The maximum atomic E-state index is 12.2. The molecule has 0 bridgehead atoms. The van der Waals surface area contributed by atoms with E-state index in [2.05, 4.69) is 33.1 Å². The van der Waals surface area contributed by atoms with Crippen LogP contribution in [0.4, 0.5) is 10.6 Å². The maximum absolute atomic E-state index is 12.2. The molecule has 0 aromatic carbocycles. The summed E-state index contributed by atoms with van der Waals surface area (Å²) in [6.45, 7) is 3.68. The zero-order valence-corrected chi connectivity index (χ0v) is 15.8. The molecule has 4 rings (SSSR count). The molecular formula is C19H29N5O3. The van der Waals surface area contributed by atoms with Gasteiger partial charge in [0, 0.05) is 29.8 Å². The van der Waals surface area contributed by atoms with Gasteiger partial charge in [-0.2, -0.15) is 5.10 Å². The average molecular weight is 375 g/mol. The number of hydrogen-bond acceptors (Lipinski definition) is 5. The average Bonchev–Trinajstić information content (AvgIpc) is 3.34. The number of aromatic nitrogens is 2. The number of alkyl carbamates (subject to hydrolysis) is 1. The predicted molar refractivity (Wildman–Crippen MR) is 100 cm³/mol. The van der Waals surface area contributed by atoms with Crippen LogP contribution in [-0.4, -0.2) is 46.9 Å². The number of nitrogens with one attached hydrogen (secondary N) is 4. The Bertz CT molecular complexity index is 693. The Morgan fingerprint density at radius 1 is 1.30 bits per heavy atom. The van der Waals surface area contributed by atoms with Crippen LogP contribution in [0.5, 0.6) is 0 Å². The van der Waals surface area contributed by atoms with Crippen LogP contribution in [0, 0.1) is 5.92 Å². The van der Waals surface area contributed by atoms with Gasteiger partial charge in [0.2, 0.25) is 5.91 Å². The van der Waals surface area contributed by atoms with Gasteiger partial charge in [-0.25, -0.2) is 4.79 Å². The number of rotatable bonds is 5. The van der Waals surface area contributed by atoms with Gasteiger partial charge in [0.05, 0.1) is 5.92 Å². The molecule has 2 aliphatic carbocycles. The number of nitrogens with zero attached hydrogens (tertiary/aromatic N) is 1. The van der Waals surface area contributed by atoms with E-state index in [1.54, 1.807) is 0 Å². The first-order chi connectivity index (χ1) is 13.0. The third-order valence-corrected chi connectivity index (χ3v) is 6.24. The topological polar surface area (TPSA) is 108 Å². The zero-order valence-electron chi connectivity index (χ0n) is 15.8. The fourth-order valence-electron chi connectivity index (χ4n) is 4.31. The smallest absolute Gasteiger partial charge is 0.407 e. The number of carbonyl (C=O) groups excluding carboxylic acids is 2. The molecule has 27 heavy (non-hydrogen) atoms. The fourth-order valence-corrected chi connectivity index (χ4v) is 4.31. The molecule has 2 heterocycles. The molecule has 0 unspecified atom stereocenters. The number of ether oxygens (including phenoxy) is 1. The van der Waals surface area contributed by atoms with Crippen molar-refractivity contribution in [1.29, 1.82) is 0 Å². The Labute approximate surface area is 159 Å². The molecule has 3 atom stereocenters. The second-order valence-corrected chi connectivity index (χ2v) is 8.46. The number of hydrogen-bond donors (Lipinski definition) is 4. The van der Waals surface area contributed by atoms with Crippen LogP contribution in [0.1, 0.15) is 63.5 Å². The third kappa shape index (κ3) is 4.26. The Morgan fingerprint density at radius 2 is 2.15 bits per heavy atom. The monoisotopic (exact) mass is 375 g/mol. The molecule has 1 aliphatic heterocycles. The summed E-state index contributed by atoms with van der Waals surface area (Å²) < 4.78 is 5.61. The number of anilines is 1. The number of carbonyl (C=O) groups is 2. The van der Waals surface area contributed by atoms with E-state index < -0.39 is 0 Å². The van der Waals surface area contributed by atoms with Crippen molar-refractivity contribution in [2.45, 2.75) is 69.4 Å². The van der Waals surface area contributed by atoms with Crippen molar-refractivity contribution in [3.05, 3.63) is 11.8 Å². The van der Waals surface area contributed by atoms with E-state index in [1.807, 2.05) is 6.07 Å². The van der Waals surface area contributed by atoms with Gasteiger partial charge in [-0.15, -0.1) is 0 Å². The molecule has 0 spiro atoms. The number of amides is 2. The normalized spacial score (nSPS) is 29.1. The van der Waals surface area contributed by atoms with Crippen molar-refractivity contribution in [2.75, 3.05) is 18.4 Å². The molecule has 0 radical (unpaired) electrons. The summed E-state index contributed by atoms with van der Waals surface area (Å²) >= 11 is 0. The first kappa shape index (κ1) is 18.3. The fraction of sp³-hybridized carbons (Fsp3) is 0.737. The second kappa shape index (κ2) is 7.50. The van der Waals surface area contributed by atoms with Gasteiger partial charge < -0.3 is 20.7 Å². The molecule has 148 valence electrons. The third-order valence-electron chi connectivity index (χ3n) is 6.24. The summed E-state index contributed by atoms with van der Waals surface area (Å²) in [6, 6.07) is 1.91. The number of aromatic amines is 1. The van der Waals surface area contributed by atoms with Crippen molar-refractivity contribution in [2.24, 2.45) is 5.92 Å². The summed E-state index contributed by atoms with van der Waals surface area (Å²) in [5.41, 5.74) is 0.910. The molecule has 3 fully saturated rings. The van der Waals surface area contributed by atoms with E-state index in [4.69, 9.17) is 4.74 Å². The van der Waals surface area contributed by atoms with E-state index in [0.29, 0.717) is 5.82 Å². The van der Waals surface area contributed by atoms with Gasteiger partial charge in [-0.3, -0.25) is 9.89 Å². The zero-order chi connectivity index (χ0) is 18.9. The van der Waals surface area contributed by atoms with Crippen LogP contribution < -0.4 is 16.0 Å². The number of H-pyrrole nitrogens is 1. The molecule has 2 saturated carbocycles. The highest BCUT2D eigenvalue weighted by molar-refractivity contribution is 5.92. The predicted octanol–water partition coefficient (Wildman–Crippen LogP) is 2.26. The molecular weight excluding hydrogens is 346 g/mol. The highest BCUT2D eigenvalue weighted by Gasteiger charge is 2.36. The summed E-state index contributed by atoms with van der Waals surface area (Å²) in [5.74, 6) is 0.882. The Hall–Kier alpha value is -2.09. The van der Waals surface area contributed by atoms with Gasteiger partial charge in [-0.05, 0) is 58.4 Å². The minimum absolute atomic E-state index is 0.0189. The van der Waals surface area contributed by atoms with Crippen LogP contribution in [-0.2, 0) is 9.53 Å². The lowest BCUT2D eigenvalue weighted by Crippen LogP contribution is -2.51. The van der Waals surface area contributed by atoms with E-state index in [-0.39, 0.29) is 35.5 Å². The van der Waals surface area contributed by atoms with Crippen molar-refractivity contribution in [1.82, 2.24) is 20.8 Å². The molecule has 8 heteroatoms. The largest absolute Gasteiger partial charge is 0.446 e. The highest BCUT2D eigenvalue weighted by atomic mass is 16.6. The minimum Gasteiger partial charge on any atom is -0.446 e. The highest BCUT2D eigenvalue weighted by Crippen LogP contribution is 2.36. The molecule has 3 aliphatic rings. The van der Waals surface area contributed by atoms with Crippen LogP contribution in [0.3, 0.4) is 0 Å². The molecule has 1 saturated heterocycles. The van der Waals surface area contributed by atoms with Crippen molar-refractivity contribution in [3.8, 4) is 0 Å². The maximum Gasteiger partial charge on any atom is 0.407 e. The van der Waals surface area contributed by atoms with Gasteiger partial charge in [-0.1, -0.05) is 0 Å². The second-order valence-electron chi connectivity index (χ2n) is 8.46. The van der Waals surface area contributed by atoms with Crippen LogP contribution in [0.25, 0.3) is 0 Å². The van der Waals surface area contributed by atoms with Crippen LogP contribution >= 0.6 is 0 Å². The van der Waals surface area contributed by atoms with Crippen molar-refractivity contribution < 1.29 is 14.3 Å². The summed E-state index contributed by atoms with van der Waals surface area (Å²) in [7, 11) is 0. The van der Waals surface area contributed by atoms with Crippen molar-refractivity contribution >= 4 is 17.8 Å².